The highest BCUT2D eigenvalue weighted by molar-refractivity contribution is 5.44. The number of hydrogen-bond donors (Lipinski definition) is 2. The molecule has 0 aliphatic heterocycles. The van der Waals surface area contributed by atoms with E-state index in [1.165, 1.54) is 11.1 Å². The van der Waals surface area contributed by atoms with Crippen LogP contribution in [0.4, 0.5) is 0 Å². The van der Waals surface area contributed by atoms with Gasteiger partial charge in [0.25, 0.3) is 0 Å². The molecule has 0 radical (unpaired) electrons. The number of fused-ring (bicyclic) bond motifs is 1. The molecule has 0 heterocycles. The molecular weight excluding hydrogens is 250 g/mol. The maximum Gasteiger partial charge on any atom is 0.121 e. The first kappa shape index (κ1) is 15.3. The van der Waals surface area contributed by atoms with Crippen LogP contribution in [-0.2, 0) is 16.6 Å². The lowest BCUT2D eigenvalue weighted by molar-refractivity contribution is -0.461. The second-order valence-corrected chi connectivity index (χ2v) is 6.24. The summed E-state index contributed by atoms with van der Waals surface area (Å²) in [4.78, 5) is 0. The van der Waals surface area contributed by atoms with Gasteiger partial charge >= 0.3 is 0 Å². The smallest absolute Gasteiger partial charge is 0.121 e. The van der Waals surface area contributed by atoms with E-state index >= 15 is 0 Å². The standard InChI is InChI=1S/C17H27NO2/c1-5-17(6-2)14-10-13(19)8-7-12(14)9-15(16(17)18)20-11(3)4/h7-8,10-11,15-16,19H,5-6,9,18H2,1-4H3/p+1. The molecule has 0 saturated heterocycles. The van der Waals surface area contributed by atoms with Gasteiger partial charge in [-0.2, -0.15) is 0 Å². The van der Waals surface area contributed by atoms with E-state index in [2.05, 4.69) is 33.4 Å². The Morgan fingerprint density at radius 1 is 1.35 bits per heavy atom. The topological polar surface area (TPSA) is 57.1 Å². The van der Waals surface area contributed by atoms with Crippen molar-refractivity contribution in [2.24, 2.45) is 0 Å². The third-order valence-corrected chi connectivity index (χ3v) is 4.92. The predicted molar refractivity (Wildman–Crippen MR) is 80.8 cm³/mol. The van der Waals surface area contributed by atoms with Crippen molar-refractivity contribution >= 4 is 0 Å². The van der Waals surface area contributed by atoms with E-state index in [4.69, 9.17) is 4.74 Å². The minimum Gasteiger partial charge on any atom is -0.508 e. The number of quaternary nitrogens is 1. The molecule has 0 bridgehead atoms. The fourth-order valence-electron chi connectivity index (χ4n) is 3.77. The van der Waals surface area contributed by atoms with Crippen LogP contribution in [0, 0.1) is 0 Å². The third kappa shape index (κ3) is 2.45. The van der Waals surface area contributed by atoms with Gasteiger partial charge < -0.3 is 15.6 Å². The first-order valence-corrected chi connectivity index (χ1v) is 7.75. The lowest BCUT2D eigenvalue weighted by Crippen LogP contribution is -2.76. The summed E-state index contributed by atoms with van der Waals surface area (Å²) < 4.78 is 6.12. The maximum atomic E-state index is 9.86. The van der Waals surface area contributed by atoms with Crippen molar-refractivity contribution in [1.29, 1.82) is 0 Å². The van der Waals surface area contributed by atoms with Crippen molar-refractivity contribution in [1.82, 2.24) is 0 Å². The lowest BCUT2D eigenvalue weighted by Gasteiger charge is -2.44. The van der Waals surface area contributed by atoms with E-state index in [1.54, 1.807) is 6.07 Å². The fourth-order valence-corrected chi connectivity index (χ4v) is 3.77. The van der Waals surface area contributed by atoms with Crippen LogP contribution in [0.15, 0.2) is 18.2 Å². The minimum absolute atomic E-state index is 0.00583. The van der Waals surface area contributed by atoms with Crippen LogP contribution in [0.25, 0.3) is 0 Å². The van der Waals surface area contributed by atoms with Gasteiger partial charge in [0.15, 0.2) is 0 Å². The summed E-state index contributed by atoms with van der Waals surface area (Å²) in [7, 11) is 0. The Hall–Kier alpha value is -1.06. The molecule has 1 aromatic rings. The molecule has 1 aliphatic rings. The van der Waals surface area contributed by atoms with Crippen LogP contribution in [-0.4, -0.2) is 23.4 Å². The molecular formula is C17H28NO2+. The Balaban J connectivity index is 2.50. The molecule has 112 valence electrons. The van der Waals surface area contributed by atoms with Crippen LogP contribution < -0.4 is 5.73 Å². The minimum atomic E-state index is 0.00583. The van der Waals surface area contributed by atoms with Gasteiger partial charge in [0, 0.05) is 11.8 Å². The van der Waals surface area contributed by atoms with Crippen molar-refractivity contribution in [2.45, 2.75) is 70.6 Å². The predicted octanol–water partition coefficient (Wildman–Crippen LogP) is 2.41. The average Bonchev–Trinajstić information content (AvgIpc) is 2.41. The second-order valence-electron chi connectivity index (χ2n) is 6.24. The fraction of sp³-hybridized carbons (Fsp3) is 0.647. The van der Waals surface area contributed by atoms with Crippen molar-refractivity contribution in [2.75, 3.05) is 0 Å². The first-order chi connectivity index (χ1) is 9.44. The van der Waals surface area contributed by atoms with Crippen LogP contribution in [0.2, 0.25) is 0 Å². The summed E-state index contributed by atoms with van der Waals surface area (Å²) in [5.41, 5.74) is 7.03. The molecule has 2 atom stereocenters. The molecule has 0 aromatic heterocycles. The zero-order valence-corrected chi connectivity index (χ0v) is 13.1. The summed E-state index contributed by atoms with van der Waals surface area (Å²) in [5, 5.41) is 9.86. The highest BCUT2D eigenvalue weighted by atomic mass is 16.5. The van der Waals surface area contributed by atoms with Crippen molar-refractivity contribution < 1.29 is 15.6 Å². The van der Waals surface area contributed by atoms with E-state index in [0.29, 0.717) is 5.75 Å². The van der Waals surface area contributed by atoms with E-state index in [1.807, 2.05) is 12.1 Å². The monoisotopic (exact) mass is 278 g/mol. The molecule has 0 amide bonds. The number of phenolic OH excluding ortho intramolecular Hbond substituents is 1. The molecule has 0 spiro atoms. The number of benzene rings is 1. The van der Waals surface area contributed by atoms with Crippen molar-refractivity contribution in [3.63, 3.8) is 0 Å². The van der Waals surface area contributed by atoms with Gasteiger partial charge in [-0.25, -0.2) is 0 Å². The molecule has 2 unspecified atom stereocenters. The lowest BCUT2D eigenvalue weighted by atomic mass is 9.63. The molecule has 0 saturated carbocycles. The zero-order chi connectivity index (χ0) is 14.9. The van der Waals surface area contributed by atoms with E-state index < -0.39 is 0 Å². The van der Waals surface area contributed by atoms with Gasteiger partial charge in [0.1, 0.15) is 17.9 Å². The largest absolute Gasteiger partial charge is 0.508 e. The quantitative estimate of drug-likeness (QED) is 0.888. The zero-order valence-electron chi connectivity index (χ0n) is 13.1. The second kappa shape index (κ2) is 5.74. The van der Waals surface area contributed by atoms with Crippen molar-refractivity contribution in [3.05, 3.63) is 29.3 Å². The van der Waals surface area contributed by atoms with Crippen LogP contribution in [0.5, 0.6) is 5.75 Å². The van der Waals surface area contributed by atoms with Gasteiger partial charge in [-0.3, -0.25) is 0 Å². The van der Waals surface area contributed by atoms with Crippen LogP contribution in [0.3, 0.4) is 0 Å². The summed E-state index contributed by atoms with van der Waals surface area (Å²) >= 11 is 0. The van der Waals surface area contributed by atoms with Gasteiger partial charge in [-0.1, -0.05) is 19.9 Å². The number of aromatic hydroxyl groups is 1. The third-order valence-electron chi connectivity index (χ3n) is 4.92. The summed E-state index contributed by atoms with van der Waals surface area (Å²) in [6.07, 6.45) is 3.31. The van der Waals surface area contributed by atoms with E-state index in [-0.39, 0.29) is 23.7 Å². The first-order valence-electron chi connectivity index (χ1n) is 7.75. The molecule has 20 heavy (non-hydrogen) atoms. The van der Waals surface area contributed by atoms with E-state index in [9.17, 15) is 5.11 Å². The van der Waals surface area contributed by atoms with Crippen molar-refractivity contribution in [3.8, 4) is 5.75 Å². The van der Waals surface area contributed by atoms with Crippen LogP contribution in [0.1, 0.15) is 51.7 Å². The number of rotatable bonds is 4. The number of ether oxygens (including phenoxy) is 1. The molecule has 1 aliphatic carbocycles. The molecule has 1 aromatic carbocycles. The number of phenols is 1. The Morgan fingerprint density at radius 2 is 2.00 bits per heavy atom. The Labute approximate surface area is 122 Å². The maximum absolute atomic E-state index is 9.86. The molecule has 4 N–H and O–H groups in total. The average molecular weight is 278 g/mol. The van der Waals surface area contributed by atoms with E-state index in [0.717, 1.165) is 19.3 Å². The van der Waals surface area contributed by atoms with Gasteiger partial charge in [0.2, 0.25) is 0 Å². The Bertz CT molecular complexity index is 466. The highest BCUT2D eigenvalue weighted by Crippen LogP contribution is 2.43. The number of hydrogen-bond acceptors (Lipinski definition) is 2. The Kier molecular flexibility index (Phi) is 4.40. The van der Waals surface area contributed by atoms with Gasteiger partial charge in [-0.15, -0.1) is 0 Å². The molecule has 0 fully saturated rings. The Morgan fingerprint density at radius 3 is 2.55 bits per heavy atom. The molecule has 3 nitrogen and oxygen atoms in total. The molecule has 2 rings (SSSR count). The summed E-state index contributed by atoms with van der Waals surface area (Å²) in [6, 6.07) is 5.98. The highest BCUT2D eigenvalue weighted by Gasteiger charge is 2.48. The molecule has 3 heteroatoms. The van der Waals surface area contributed by atoms with Gasteiger partial charge in [-0.05, 0) is 49.9 Å². The van der Waals surface area contributed by atoms with Gasteiger partial charge in [0.05, 0.1) is 6.10 Å². The summed E-state index contributed by atoms with van der Waals surface area (Å²) in [5.74, 6) is 0.352. The summed E-state index contributed by atoms with van der Waals surface area (Å²) in [6.45, 7) is 8.60. The van der Waals surface area contributed by atoms with Crippen LogP contribution >= 0.6 is 0 Å². The SMILES string of the molecule is CCC1(CC)c2cc(O)ccc2CC(OC(C)C)C1[NH3+]. The normalized spacial score (nSPS) is 24.7.